The fraction of sp³-hybridized carbons (Fsp3) is 0.333. The lowest BCUT2D eigenvalue weighted by molar-refractivity contribution is -0.779. The molecule has 4 nitrogen and oxygen atoms in total. The van der Waals surface area contributed by atoms with Gasteiger partial charge < -0.3 is 5.26 Å². The minimum Gasteiger partial charge on any atom is -0.692 e. The highest BCUT2D eigenvalue weighted by atomic mass is 31.2. The first-order valence-electron chi connectivity index (χ1n) is 2.96. The van der Waals surface area contributed by atoms with Gasteiger partial charge in [-0.1, -0.05) is 12.2 Å². The van der Waals surface area contributed by atoms with E-state index in [1.54, 1.807) is 0 Å². The van der Waals surface area contributed by atoms with Crippen molar-refractivity contribution in [3.8, 4) is 0 Å². The van der Waals surface area contributed by atoms with Crippen LogP contribution in [0.1, 0.15) is 0 Å². The Balaban J connectivity index is 4.11. The third-order valence-electron chi connectivity index (χ3n) is 0.981. The molecule has 0 amide bonds. The van der Waals surface area contributed by atoms with Gasteiger partial charge in [0.05, 0.1) is 0 Å². The van der Waals surface area contributed by atoms with Crippen LogP contribution >= 0.6 is 7.37 Å². The Hall–Kier alpha value is -0.410. The quantitative estimate of drug-likeness (QED) is 0.261. The summed E-state index contributed by atoms with van der Waals surface area (Å²) < 4.78 is 15.4. The van der Waals surface area contributed by atoms with Crippen LogP contribution in [0.3, 0.4) is 0 Å². The maximum Gasteiger partial charge on any atom is 0.241 e. The summed E-state index contributed by atoms with van der Waals surface area (Å²) in [6.07, 6.45) is 3.04. The molecule has 0 spiro atoms. The lowest BCUT2D eigenvalue weighted by Crippen LogP contribution is -2.07. The molecule has 0 atom stereocenters. The molecule has 0 aromatic carbocycles. The predicted octanol–water partition coefficient (Wildman–Crippen LogP) is 0.860. The molecule has 0 saturated carbocycles. The van der Waals surface area contributed by atoms with Gasteiger partial charge in [0.15, 0.2) is 0 Å². The topological polar surface area (TPSA) is 58.6 Å². The molecule has 0 aliphatic carbocycles. The molecule has 5 heteroatoms. The van der Waals surface area contributed by atoms with Gasteiger partial charge >= 0.3 is 0 Å². The molecule has 0 radical (unpaired) electrons. The van der Waals surface area contributed by atoms with Crippen molar-refractivity contribution >= 4 is 7.37 Å². The Kier molecular flexibility index (Phi) is 5.07. The van der Waals surface area contributed by atoms with E-state index in [2.05, 4.69) is 22.9 Å². The average molecular weight is 177 g/mol. The van der Waals surface area contributed by atoms with E-state index in [1.807, 2.05) is 0 Å². The van der Waals surface area contributed by atoms with Crippen LogP contribution in [0.2, 0.25) is 0 Å². The van der Waals surface area contributed by atoms with Crippen molar-refractivity contribution in [2.75, 3.05) is 12.3 Å². The summed E-state index contributed by atoms with van der Waals surface area (Å²) >= 11 is 0. The van der Waals surface area contributed by atoms with Gasteiger partial charge in [0.2, 0.25) is 7.37 Å². The molecule has 0 aromatic rings. The molecule has 0 aliphatic heterocycles. The first kappa shape index (κ1) is 10.6. The molecule has 11 heavy (non-hydrogen) atoms. The third kappa shape index (κ3) is 4.11. The first-order valence-corrected chi connectivity index (χ1v) is 4.96. The van der Waals surface area contributed by atoms with Crippen LogP contribution < -0.4 is 5.26 Å². The van der Waals surface area contributed by atoms with Crippen LogP contribution in [-0.4, -0.2) is 12.3 Å². The van der Waals surface area contributed by atoms with E-state index >= 15 is 0 Å². The summed E-state index contributed by atoms with van der Waals surface area (Å²) in [5, 5.41) is 12.6. The van der Waals surface area contributed by atoms with Gasteiger partial charge in [-0.05, 0) is 0 Å². The van der Waals surface area contributed by atoms with Crippen LogP contribution in [-0.2, 0) is 14.3 Å². The first-order chi connectivity index (χ1) is 5.18. The van der Waals surface area contributed by atoms with Gasteiger partial charge in [0, 0.05) is 12.3 Å². The number of rotatable bonds is 6. The molecule has 0 aromatic heterocycles. The summed E-state index contributed by atoms with van der Waals surface area (Å²) in [6.45, 7) is 6.73. The predicted molar refractivity (Wildman–Crippen MR) is 39.9 cm³/mol. The Morgan fingerprint density at radius 3 is 2.09 bits per heavy atom. The summed E-state index contributed by atoms with van der Waals surface area (Å²) in [4.78, 5) is 0. The maximum atomic E-state index is 11.3. The van der Waals surface area contributed by atoms with E-state index in [0.717, 1.165) is 0 Å². The van der Waals surface area contributed by atoms with E-state index in [1.165, 1.54) is 12.2 Å². The molecule has 64 valence electrons. The highest BCUT2D eigenvalue weighted by Crippen LogP contribution is 2.46. The highest BCUT2D eigenvalue weighted by molar-refractivity contribution is 7.59. The van der Waals surface area contributed by atoms with Crippen molar-refractivity contribution < 1.29 is 19.5 Å². The summed E-state index contributed by atoms with van der Waals surface area (Å²) in [5.74, 6) is 0. The molecule has 0 fully saturated rings. The van der Waals surface area contributed by atoms with Gasteiger partial charge in [-0.15, -0.1) is 13.2 Å². The van der Waals surface area contributed by atoms with E-state index in [9.17, 15) is 9.82 Å². The van der Waals surface area contributed by atoms with Crippen molar-refractivity contribution in [1.82, 2.24) is 0 Å². The lowest BCUT2D eigenvalue weighted by atomic mass is 10.8. The van der Waals surface area contributed by atoms with E-state index in [-0.39, 0.29) is 12.3 Å². The van der Waals surface area contributed by atoms with Gasteiger partial charge in [-0.3, -0.25) is 9.60 Å². The second-order valence-corrected chi connectivity index (χ2v) is 4.41. The Labute approximate surface area is 65.4 Å². The largest absolute Gasteiger partial charge is 0.692 e. The highest BCUT2D eigenvalue weighted by Gasteiger charge is 2.19. The van der Waals surface area contributed by atoms with E-state index < -0.39 is 7.37 Å². The standard InChI is InChI=1S/C6H11O4P/c1-3-5-11(8,6-4-2)10-9-7/h3-4,7H,1-2,5-6H2/p-1. The Bertz CT molecular complexity index is 163. The zero-order chi connectivity index (χ0) is 8.74. The van der Waals surface area contributed by atoms with Crippen LogP contribution in [0, 0.1) is 0 Å². The van der Waals surface area contributed by atoms with Crippen molar-refractivity contribution in [2.24, 2.45) is 0 Å². The Morgan fingerprint density at radius 1 is 1.36 bits per heavy atom. The van der Waals surface area contributed by atoms with Crippen LogP contribution in [0.4, 0.5) is 0 Å². The molecule has 0 aliphatic rings. The van der Waals surface area contributed by atoms with Crippen molar-refractivity contribution in [3.63, 3.8) is 0 Å². The van der Waals surface area contributed by atoms with E-state index in [4.69, 9.17) is 0 Å². The van der Waals surface area contributed by atoms with Gasteiger partial charge in [0.25, 0.3) is 0 Å². The number of hydrogen-bond acceptors (Lipinski definition) is 4. The smallest absolute Gasteiger partial charge is 0.241 e. The molecule has 0 saturated heterocycles. The van der Waals surface area contributed by atoms with Crippen molar-refractivity contribution in [3.05, 3.63) is 25.3 Å². The molecule has 0 bridgehead atoms. The summed E-state index contributed by atoms with van der Waals surface area (Å²) in [7, 11) is -2.99. The molecule has 0 rings (SSSR count). The Morgan fingerprint density at radius 2 is 1.82 bits per heavy atom. The van der Waals surface area contributed by atoms with Gasteiger partial charge in [-0.2, -0.15) is 4.67 Å². The zero-order valence-corrected chi connectivity index (χ0v) is 6.96. The number of hydrogen-bond donors (Lipinski definition) is 0. The van der Waals surface area contributed by atoms with Crippen LogP contribution in [0.5, 0.6) is 0 Å². The molecular weight excluding hydrogens is 167 g/mol. The monoisotopic (exact) mass is 177 g/mol. The maximum absolute atomic E-state index is 11.3. The van der Waals surface area contributed by atoms with Crippen molar-refractivity contribution in [1.29, 1.82) is 0 Å². The number of allylic oxidation sites excluding steroid dienone is 2. The van der Waals surface area contributed by atoms with Crippen molar-refractivity contribution in [2.45, 2.75) is 0 Å². The second kappa shape index (κ2) is 5.27. The normalized spacial score (nSPS) is 11.0. The van der Waals surface area contributed by atoms with Crippen LogP contribution in [0.15, 0.2) is 25.3 Å². The SMILES string of the molecule is C=CCP(=O)(CC=C)OO[O-]. The average Bonchev–Trinajstić information content (AvgIpc) is 1.88. The summed E-state index contributed by atoms with van der Waals surface area (Å²) in [5.41, 5.74) is 0. The minimum absolute atomic E-state index is 0.112. The summed E-state index contributed by atoms with van der Waals surface area (Å²) in [6, 6.07) is 0. The molecule has 0 heterocycles. The fourth-order valence-electron chi connectivity index (χ4n) is 0.584. The van der Waals surface area contributed by atoms with Gasteiger partial charge in [-0.25, -0.2) is 0 Å². The minimum atomic E-state index is -2.99. The van der Waals surface area contributed by atoms with Crippen LogP contribution in [0.25, 0.3) is 0 Å². The molecule has 0 unspecified atom stereocenters. The zero-order valence-electron chi connectivity index (χ0n) is 6.06. The molecular formula is C6H10O4P-. The fourth-order valence-corrected chi connectivity index (χ4v) is 1.75. The second-order valence-electron chi connectivity index (χ2n) is 1.90. The molecule has 0 N–H and O–H groups in total. The third-order valence-corrected chi connectivity index (χ3v) is 2.94. The lowest BCUT2D eigenvalue weighted by Gasteiger charge is -2.15. The van der Waals surface area contributed by atoms with E-state index in [0.29, 0.717) is 0 Å². The van der Waals surface area contributed by atoms with Gasteiger partial charge in [0.1, 0.15) is 0 Å².